The Balaban J connectivity index is 1.83. The molecule has 122 valence electrons. The molecular formula is C18H19ClFNO2. The van der Waals surface area contributed by atoms with Gasteiger partial charge in [0.05, 0.1) is 12.5 Å². The average molecular weight is 336 g/mol. The molecule has 2 N–H and O–H groups in total. The van der Waals surface area contributed by atoms with Crippen molar-refractivity contribution in [2.75, 3.05) is 0 Å². The summed E-state index contributed by atoms with van der Waals surface area (Å²) >= 11 is 5.81. The van der Waals surface area contributed by atoms with Crippen LogP contribution in [0.3, 0.4) is 0 Å². The fraction of sp³-hybridized carbons (Fsp3) is 0.278. The van der Waals surface area contributed by atoms with Gasteiger partial charge in [-0.1, -0.05) is 35.9 Å². The highest BCUT2D eigenvalue weighted by Gasteiger charge is 2.14. The first-order chi connectivity index (χ1) is 10.9. The molecule has 5 heteroatoms. The molecule has 2 aromatic carbocycles. The van der Waals surface area contributed by atoms with Crippen LogP contribution in [0.25, 0.3) is 0 Å². The second-order valence-electron chi connectivity index (χ2n) is 5.57. The summed E-state index contributed by atoms with van der Waals surface area (Å²) < 4.78 is 12.9. The molecule has 2 atom stereocenters. The SMILES string of the molecule is CC(CC(O)c1ccc(F)cc1)NC(=O)Cc1ccc(Cl)cc1. The minimum atomic E-state index is -0.749. The maximum absolute atomic E-state index is 12.9. The fourth-order valence-corrected chi connectivity index (χ4v) is 2.45. The molecule has 0 aliphatic carbocycles. The van der Waals surface area contributed by atoms with Crippen molar-refractivity contribution < 1.29 is 14.3 Å². The molecule has 0 radical (unpaired) electrons. The van der Waals surface area contributed by atoms with E-state index in [0.717, 1.165) is 5.56 Å². The number of amides is 1. The molecule has 0 aliphatic heterocycles. The minimum Gasteiger partial charge on any atom is -0.388 e. The molecule has 2 rings (SSSR count). The third kappa shape index (κ3) is 5.66. The normalized spacial score (nSPS) is 13.4. The maximum atomic E-state index is 12.9. The van der Waals surface area contributed by atoms with Crippen LogP contribution >= 0.6 is 11.6 Å². The number of rotatable bonds is 6. The van der Waals surface area contributed by atoms with Gasteiger partial charge < -0.3 is 10.4 Å². The van der Waals surface area contributed by atoms with Gasteiger partial charge >= 0.3 is 0 Å². The summed E-state index contributed by atoms with van der Waals surface area (Å²) in [6.07, 6.45) is -0.131. The molecule has 0 saturated carbocycles. The number of aliphatic hydroxyl groups is 1. The Morgan fingerprint density at radius 2 is 1.78 bits per heavy atom. The van der Waals surface area contributed by atoms with Gasteiger partial charge in [-0.05, 0) is 48.7 Å². The van der Waals surface area contributed by atoms with Crippen LogP contribution in [0.15, 0.2) is 48.5 Å². The van der Waals surface area contributed by atoms with Gasteiger partial charge in [-0.15, -0.1) is 0 Å². The second-order valence-corrected chi connectivity index (χ2v) is 6.01. The van der Waals surface area contributed by atoms with Gasteiger partial charge in [0, 0.05) is 11.1 Å². The molecular weight excluding hydrogens is 317 g/mol. The van der Waals surface area contributed by atoms with Crippen LogP contribution in [0.4, 0.5) is 4.39 Å². The van der Waals surface area contributed by atoms with Gasteiger partial charge in [-0.2, -0.15) is 0 Å². The van der Waals surface area contributed by atoms with Crippen LogP contribution in [0, 0.1) is 5.82 Å². The Morgan fingerprint density at radius 1 is 1.17 bits per heavy atom. The smallest absolute Gasteiger partial charge is 0.224 e. The molecule has 0 heterocycles. The summed E-state index contributed by atoms with van der Waals surface area (Å²) in [6.45, 7) is 1.83. The van der Waals surface area contributed by atoms with Crippen molar-refractivity contribution >= 4 is 17.5 Å². The third-order valence-electron chi connectivity index (χ3n) is 3.52. The molecule has 0 bridgehead atoms. The van der Waals surface area contributed by atoms with Crippen molar-refractivity contribution in [3.05, 3.63) is 70.5 Å². The molecule has 0 spiro atoms. The average Bonchev–Trinajstić information content (AvgIpc) is 2.50. The zero-order chi connectivity index (χ0) is 16.8. The highest BCUT2D eigenvalue weighted by Crippen LogP contribution is 2.18. The first kappa shape index (κ1) is 17.4. The predicted molar refractivity (Wildman–Crippen MR) is 88.7 cm³/mol. The van der Waals surface area contributed by atoms with Crippen LogP contribution in [0.2, 0.25) is 5.02 Å². The lowest BCUT2D eigenvalue weighted by Crippen LogP contribution is -2.34. The van der Waals surface area contributed by atoms with E-state index in [1.807, 2.05) is 6.92 Å². The Hall–Kier alpha value is -1.91. The Bertz CT molecular complexity index is 643. The quantitative estimate of drug-likeness (QED) is 0.846. The lowest BCUT2D eigenvalue weighted by atomic mass is 10.0. The highest BCUT2D eigenvalue weighted by molar-refractivity contribution is 6.30. The summed E-state index contributed by atoms with van der Waals surface area (Å²) in [5.41, 5.74) is 1.50. The Kier molecular flexibility index (Phi) is 6.13. The summed E-state index contributed by atoms with van der Waals surface area (Å²) in [4.78, 5) is 12.0. The van der Waals surface area contributed by atoms with Crippen LogP contribution in [-0.4, -0.2) is 17.1 Å². The lowest BCUT2D eigenvalue weighted by molar-refractivity contribution is -0.121. The van der Waals surface area contributed by atoms with Crippen molar-refractivity contribution in [3.63, 3.8) is 0 Å². The number of aliphatic hydroxyl groups excluding tert-OH is 1. The van der Waals surface area contributed by atoms with Crippen LogP contribution in [-0.2, 0) is 11.2 Å². The van der Waals surface area contributed by atoms with E-state index >= 15 is 0 Å². The number of benzene rings is 2. The fourth-order valence-electron chi connectivity index (χ4n) is 2.33. The maximum Gasteiger partial charge on any atom is 0.224 e. The van der Waals surface area contributed by atoms with Crippen LogP contribution in [0.5, 0.6) is 0 Å². The van der Waals surface area contributed by atoms with E-state index in [4.69, 9.17) is 11.6 Å². The van der Waals surface area contributed by atoms with Gasteiger partial charge in [0.25, 0.3) is 0 Å². The van der Waals surface area contributed by atoms with Crippen molar-refractivity contribution in [1.29, 1.82) is 0 Å². The largest absolute Gasteiger partial charge is 0.388 e. The van der Waals surface area contributed by atoms with E-state index in [0.29, 0.717) is 17.0 Å². The zero-order valence-electron chi connectivity index (χ0n) is 12.8. The van der Waals surface area contributed by atoms with E-state index in [2.05, 4.69) is 5.32 Å². The molecule has 2 aromatic rings. The first-order valence-electron chi connectivity index (χ1n) is 7.41. The van der Waals surface area contributed by atoms with E-state index in [1.165, 1.54) is 12.1 Å². The molecule has 1 amide bonds. The summed E-state index contributed by atoms with van der Waals surface area (Å²) in [7, 11) is 0. The van der Waals surface area contributed by atoms with Gasteiger partial charge in [0.2, 0.25) is 5.91 Å². The lowest BCUT2D eigenvalue weighted by Gasteiger charge is -2.18. The summed E-state index contributed by atoms with van der Waals surface area (Å²) in [6, 6.07) is 12.6. The predicted octanol–water partition coefficient (Wildman–Crippen LogP) is 3.65. The van der Waals surface area contributed by atoms with E-state index < -0.39 is 6.10 Å². The Morgan fingerprint density at radius 3 is 2.39 bits per heavy atom. The van der Waals surface area contributed by atoms with Gasteiger partial charge in [0.15, 0.2) is 0 Å². The number of nitrogens with one attached hydrogen (secondary N) is 1. The van der Waals surface area contributed by atoms with Crippen molar-refractivity contribution in [1.82, 2.24) is 5.32 Å². The molecule has 0 aliphatic rings. The molecule has 0 fully saturated rings. The zero-order valence-corrected chi connectivity index (χ0v) is 13.6. The van der Waals surface area contributed by atoms with Crippen molar-refractivity contribution in [3.8, 4) is 0 Å². The van der Waals surface area contributed by atoms with E-state index in [9.17, 15) is 14.3 Å². The van der Waals surface area contributed by atoms with Crippen LogP contribution < -0.4 is 5.32 Å². The van der Waals surface area contributed by atoms with Gasteiger partial charge in [-0.3, -0.25) is 4.79 Å². The number of carbonyl (C=O) groups is 1. The molecule has 0 aromatic heterocycles. The van der Waals surface area contributed by atoms with E-state index in [1.54, 1.807) is 36.4 Å². The van der Waals surface area contributed by atoms with E-state index in [-0.39, 0.29) is 24.2 Å². The topological polar surface area (TPSA) is 49.3 Å². The number of hydrogen-bond acceptors (Lipinski definition) is 2. The second kappa shape index (κ2) is 8.09. The monoisotopic (exact) mass is 335 g/mol. The van der Waals surface area contributed by atoms with Gasteiger partial charge in [-0.25, -0.2) is 4.39 Å². The molecule has 2 unspecified atom stereocenters. The number of carbonyl (C=O) groups excluding carboxylic acids is 1. The number of halogens is 2. The summed E-state index contributed by atoms with van der Waals surface area (Å²) in [5, 5.41) is 13.6. The standard InChI is InChI=1S/C18H19ClFNO2/c1-12(10-17(22)14-4-8-16(20)9-5-14)21-18(23)11-13-2-6-15(19)7-3-13/h2-9,12,17,22H,10-11H2,1H3,(H,21,23). The molecule has 0 saturated heterocycles. The highest BCUT2D eigenvalue weighted by atomic mass is 35.5. The van der Waals surface area contributed by atoms with Gasteiger partial charge in [0.1, 0.15) is 5.82 Å². The molecule has 3 nitrogen and oxygen atoms in total. The Labute approximate surface area is 140 Å². The minimum absolute atomic E-state index is 0.119. The first-order valence-corrected chi connectivity index (χ1v) is 7.79. The van der Waals surface area contributed by atoms with Crippen molar-refractivity contribution in [2.45, 2.75) is 31.9 Å². The molecule has 23 heavy (non-hydrogen) atoms. The van der Waals surface area contributed by atoms with Crippen LogP contribution in [0.1, 0.15) is 30.6 Å². The third-order valence-corrected chi connectivity index (χ3v) is 3.77. The number of hydrogen-bond donors (Lipinski definition) is 2. The summed E-state index contributed by atoms with van der Waals surface area (Å²) in [5.74, 6) is -0.462. The van der Waals surface area contributed by atoms with Crippen molar-refractivity contribution in [2.24, 2.45) is 0 Å².